The lowest BCUT2D eigenvalue weighted by Gasteiger charge is -2.25. The first-order valence-electron chi connectivity index (χ1n) is 11.0. The quantitative estimate of drug-likeness (QED) is 0.701. The lowest BCUT2D eigenvalue weighted by Crippen LogP contribution is -2.35. The molecular weight excluding hydrogens is 322 g/mol. The molecule has 0 unspecified atom stereocenters. The Bertz CT molecular complexity index is 1110. The van der Waals surface area contributed by atoms with Crippen LogP contribution in [0.2, 0.25) is 0 Å². The second-order valence-electron chi connectivity index (χ2n) is 6.75. The van der Waals surface area contributed by atoms with E-state index in [0.29, 0.717) is 17.8 Å². The van der Waals surface area contributed by atoms with Crippen LogP contribution in [0.1, 0.15) is 30.4 Å². The second-order valence-corrected chi connectivity index (χ2v) is 6.75. The summed E-state index contributed by atoms with van der Waals surface area (Å²) in [6.45, 7) is 2.42. The molecule has 4 rings (SSSR count). The van der Waals surface area contributed by atoms with Gasteiger partial charge in [-0.2, -0.15) is 0 Å². The van der Waals surface area contributed by atoms with Crippen molar-refractivity contribution >= 4 is 16.6 Å². The smallest absolute Gasteiger partial charge is 0.152 e. The van der Waals surface area contributed by atoms with Crippen molar-refractivity contribution in [2.24, 2.45) is 0 Å². The van der Waals surface area contributed by atoms with Crippen molar-refractivity contribution < 1.29 is 10.3 Å². The van der Waals surface area contributed by atoms with Crippen molar-refractivity contribution in [1.82, 2.24) is 14.9 Å². The Morgan fingerprint density at radius 2 is 2.00 bits per heavy atom. The molecule has 1 aliphatic heterocycles. The third-order valence-corrected chi connectivity index (χ3v) is 4.76. The van der Waals surface area contributed by atoms with Crippen LogP contribution in [0.3, 0.4) is 0 Å². The fourth-order valence-electron chi connectivity index (χ4n) is 3.43. The van der Waals surface area contributed by atoms with E-state index in [9.17, 15) is 4.79 Å². The average molecular weight is 349 g/mol. The van der Waals surface area contributed by atoms with Gasteiger partial charge in [0, 0.05) is 35.2 Å². The first kappa shape index (κ1) is 12.7. The molecule has 0 spiro atoms. The summed E-state index contributed by atoms with van der Waals surface area (Å²) < 4.78 is 31.6. The molecule has 1 fully saturated rings. The minimum Gasteiger partial charge on any atom is -0.298 e. The van der Waals surface area contributed by atoms with E-state index < -0.39 is 0 Å². The van der Waals surface area contributed by atoms with Crippen LogP contribution in [0.15, 0.2) is 54.9 Å². The van der Waals surface area contributed by atoms with E-state index in [4.69, 9.17) is 5.48 Å². The molecule has 3 heterocycles. The molecule has 3 aromatic rings. The van der Waals surface area contributed by atoms with Crippen LogP contribution in [0, 0.1) is 0 Å². The fraction of sp³-hybridized carbons (Fsp3) is 0.318. The number of benzene rings is 1. The highest BCUT2D eigenvalue weighted by atomic mass is 16.1. The number of Topliss-reactive ketones (excluding diaryl/α,β-unsaturated/α-hetero) is 1. The largest absolute Gasteiger partial charge is 0.298 e. The monoisotopic (exact) mass is 349 g/mol. The summed E-state index contributed by atoms with van der Waals surface area (Å²) in [7, 11) is 0. The van der Waals surface area contributed by atoms with E-state index in [2.05, 4.69) is 14.9 Å². The molecule has 0 saturated carbocycles. The number of likely N-dealkylation sites (tertiary alicyclic amines) is 1. The van der Waals surface area contributed by atoms with Gasteiger partial charge in [0.25, 0.3) is 0 Å². The predicted molar refractivity (Wildman–Crippen MR) is 104 cm³/mol. The van der Waals surface area contributed by atoms with Gasteiger partial charge in [0.1, 0.15) is 0 Å². The maximum atomic E-state index is 12.5. The van der Waals surface area contributed by atoms with Crippen molar-refractivity contribution in [1.29, 1.82) is 0 Å². The number of ketones is 1. The number of hydrogen-bond acceptors (Lipinski definition) is 4. The molecule has 1 aliphatic rings. The van der Waals surface area contributed by atoms with Crippen LogP contribution in [0.4, 0.5) is 0 Å². The van der Waals surface area contributed by atoms with E-state index >= 15 is 0 Å². The van der Waals surface area contributed by atoms with Crippen LogP contribution in [0.5, 0.6) is 0 Å². The van der Waals surface area contributed by atoms with Gasteiger partial charge in [0.05, 0.1) is 18.4 Å². The number of rotatable bonds is 5. The highest BCUT2D eigenvalue weighted by Crippen LogP contribution is 2.24. The molecule has 4 nitrogen and oxygen atoms in total. The Kier molecular flexibility index (Phi) is 3.79. The number of pyridine rings is 2. The van der Waals surface area contributed by atoms with Crippen molar-refractivity contribution in [3.05, 3.63) is 60.6 Å². The molecule has 0 N–H and O–H groups in total. The summed E-state index contributed by atoms with van der Waals surface area (Å²) >= 11 is 0. The highest BCUT2D eigenvalue weighted by Gasteiger charge is 2.14. The van der Waals surface area contributed by atoms with Gasteiger partial charge in [-0.25, -0.2) is 0 Å². The number of carbonyl (C=O) groups excluding carboxylic acids is 1. The van der Waals surface area contributed by atoms with E-state index in [1.54, 1.807) is 12.3 Å². The summed E-state index contributed by atoms with van der Waals surface area (Å²) in [5, 5.41) is 1.74. The Morgan fingerprint density at radius 3 is 2.88 bits per heavy atom. The Hall–Kier alpha value is -2.59. The Morgan fingerprint density at radius 1 is 1.12 bits per heavy atom. The van der Waals surface area contributed by atoms with Crippen molar-refractivity contribution in [3.8, 4) is 11.1 Å². The minimum atomic E-state index is -0.367. The zero-order valence-corrected chi connectivity index (χ0v) is 14.6. The van der Waals surface area contributed by atoms with E-state index in [0.717, 1.165) is 36.7 Å². The molecule has 2 aromatic heterocycles. The van der Waals surface area contributed by atoms with E-state index in [1.807, 2.05) is 18.2 Å². The molecule has 0 bridgehead atoms. The Balaban J connectivity index is 1.60. The van der Waals surface area contributed by atoms with Gasteiger partial charge in [-0.3, -0.25) is 19.7 Å². The van der Waals surface area contributed by atoms with E-state index in [-0.39, 0.29) is 42.2 Å². The number of carbonyl (C=O) groups is 1. The van der Waals surface area contributed by atoms with Gasteiger partial charge in [0.15, 0.2) is 5.78 Å². The molecule has 26 heavy (non-hydrogen) atoms. The normalized spacial score (nSPS) is 17.4. The summed E-state index contributed by atoms with van der Waals surface area (Å²) in [6, 6.07) is 6.83. The van der Waals surface area contributed by atoms with Crippen LogP contribution < -0.4 is 0 Å². The number of aromatic nitrogens is 2. The third kappa shape index (κ3) is 3.97. The molecule has 0 aliphatic carbocycles. The predicted octanol–water partition coefficient (Wildman–Crippen LogP) is 3.89. The number of hydrogen-bond donors (Lipinski definition) is 0. The molecule has 1 saturated heterocycles. The summed E-state index contributed by atoms with van der Waals surface area (Å²) in [5.74, 6) is 0.149. The molecule has 0 radical (unpaired) electrons. The lowest BCUT2D eigenvalue weighted by molar-refractivity contribution is -0.119. The van der Waals surface area contributed by atoms with Gasteiger partial charge in [-0.05, 0) is 55.1 Å². The lowest BCUT2D eigenvalue weighted by atomic mass is 10.0. The zero-order chi connectivity index (χ0) is 21.3. The van der Waals surface area contributed by atoms with Gasteiger partial charge in [0.2, 0.25) is 0 Å². The summed E-state index contributed by atoms with van der Waals surface area (Å²) in [5.41, 5.74) is 1.52. The summed E-state index contributed by atoms with van der Waals surface area (Å²) in [4.78, 5) is 22.9. The van der Waals surface area contributed by atoms with E-state index in [1.165, 1.54) is 6.42 Å². The van der Waals surface area contributed by atoms with Crippen molar-refractivity contribution in [2.75, 3.05) is 19.6 Å². The van der Waals surface area contributed by atoms with Crippen molar-refractivity contribution in [2.45, 2.75) is 25.7 Å². The summed E-state index contributed by atoms with van der Waals surface area (Å²) in [6.07, 6.45) is 4.98. The number of fused-ring (bicyclic) bond motifs is 1. The van der Waals surface area contributed by atoms with Gasteiger partial charge in [-0.1, -0.05) is 24.6 Å². The maximum absolute atomic E-state index is 12.5. The first-order chi connectivity index (χ1) is 14.4. The van der Waals surface area contributed by atoms with Crippen molar-refractivity contribution in [3.63, 3.8) is 0 Å². The third-order valence-electron chi connectivity index (χ3n) is 4.76. The number of piperidine rings is 1. The second kappa shape index (κ2) is 7.75. The first-order valence-corrected chi connectivity index (χ1v) is 9.00. The molecule has 4 heteroatoms. The molecule has 1 aromatic carbocycles. The molecule has 0 amide bonds. The van der Waals surface area contributed by atoms with Crippen LogP contribution >= 0.6 is 0 Å². The van der Waals surface area contributed by atoms with Crippen LogP contribution in [-0.2, 0) is 11.2 Å². The zero-order valence-electron chi connectivity index (χ0n) is 18.6. The van der Waals surface area contributed by atoms with Gasteiger partial charge >= 0.3 is 0 Å². The topological polar surface area (TPSA) is 46.1 Å². The molecule has 0 atom stereocenters. The minimum absolute atomic E-state index is 0.149. The Labute approximate surface area is 159 Å². The standard InChI is InChI=1S/C22H23N3O/c26-22(16-25-9-2-1-3-10-25)13-21-12-20-11-17(6-7-19(20)15-24-21)18-5-4-8-23-14-18/h4-8,11-12,14-15H,1-3,9-10,13,16H2/i4D,5D,8D,14D. The van der Waals surface area contributed by atoms with Crippen LogP contribution in [-0.4, -0.2) is 40.3 Å². The molecule has 132 valence electrons. The van der Waals surface area contributed by atoms with Crippen LogP contribution in [0.25, 0.3) is 21.9 Å². The highest BCUT2D eigenvalue weighted by molar-refractivity contribution is 5.88. The maximum Gasteiger partial charge on any atom is 0.152 e. The molecular formula is C22H23N3O. The van der Waals surface area contributed by atoms with Gasteiger partial charge < -0.3 is 0 Å². The SMILES string of the molecule is [2H]c1nc([2H])c(-c2ccc3cnc(CC(=O)CN4CCCCC4)cc3c2)c([2H])c1[2H]. The van der Waals surface area contributed by atoms with Gasteiger partial charge in [-0.15, -0.1) is 0 Å². The fourth-order valence-corrected chi connectivity index (χ4v) is 3.43. The number of nitrogens with zero attached hydrogens (tertiary/aromatic N) is 3. The average Bonchev–Trinajstić information content (AvgIpc) is 2.72.